The van der Waals surface area contributed by atoms with Crippen molar-refractivity contribution in [2.45, 2.75) is 70.9 Å². The normalized spacial score (nSPS) is 20.8. The Balaban J connectivity index is 1.73. The van der Waals surface area contributed by atoms with Crippen molar-refractivity contribution < 1.29 is 19.2 Å². The van der Waals surface area contributed by atoms with Gasteiger partial charge in [0.25, 0.3) is 0 Å². The first-order chi connectivity index (χ1) is 11.5. The molecule has 2 amide bonds. The van der Waals surface area contributed by atoms with Crippen LogP contribution < -0.4 is 10.6 Å². The molecule has 2 rings (SSSR count). The Morgan fingerprint density at radius 2 is 1.96 bits per heavy atom. The van der Waals surface area contributed by atoms with Gasteiger partial charge in [-0.1, -0.05) is 19.0 Å². The maximum atomic E-state index is 12.0. The third kappa shape index (κ3) is 4.97. The van der Waals surface area contributed by atoms with Gasteiger partial charge in [-0.2, -0.15) is 0 Å². The van der Waals surface area contributed by atoms with Crippen molar-refractivity contribution in [2.75, 3.05) is 0 Å². The van der Waals surface area contributed by atoms with Crippen molar-refractivity contribution >= 4 is 12.0 Å². The van der Waals surface area contributed by atoms with E-state index in [9.17, 15) is 9.59 Å². The van der Waals surface area contributed by atoms with Crippen molar-refractivity contribution in [2.24, 2.45) is 5.92 Å². The van der Waals surface area contributed by atoms with E-state index in [1.165, 1.54) is 0 Å². The molecule has 0 spiro atoms. The minimum Gasteiger partial charge on any atom is -0.481 e. The number of amides is 2. The molecule has 1 heterocycles. The highest BCUT2D eigenvalue weighted by Gasteiger charge is 2.26. The van der Waals surface area contributed by atoms with Crippen LogP contribution in [0.15, 0.2) is 10.6 Å². The van der Waals surface area contributed by atoms with Crippen LogP contribution in [0.1, 0.15) is 69.7 Å². The molecule has 1 fully saturated rings. The third-order valence-corrected chi connectivity index (χ3v) is 4.82. The number of hydrogen-bond donors (Lipinski definition) is 3. The molecule has 0 unspecified atom stereocenters. The molecule has 1 saturated carbocycles. The monoisotopic (exact) mass is 337 g/mol. The summed E-state index contributed by atoms with van der Waals surface area (Å²) in [7, 11) is 0. The SMILES string of the molecule is CCC(CC)c1cc(CNC(=O)NC2CCC(C(=O)O)CC2)on1. The number of nitrogens with zero attached hydrogens (tertiary/aromatic N) is 1. The van der Waals surface area contributed by atoms with Crippen LogP contribution in [0, 0.1) is 5.92 Å². The standard InChI is InChI=1S/C17H27N3O4/c1-3-11(4-2)15-9-14(24-20-15)10-18-17(23)19-13-7-5-12(6-8-13)16(21)22/h9,11-13H,3-8,10H2,1-2H3,(H,21,22)(H2,18,19,23). The van der Waals surface area contributed by atoms with Gasteiger partial charge in [0.2, 0.25) is 0 Å². The summed E-state index contributed by atoms with van der Waals surface area (Å²) >= 11 is 0. The lowest BCUT2D eigenvalue weighted by Crippen LogP contribution is -2.43. The van der Waals surface area contributed by atoms with E-state index >= 15 is 0 Å². The molecule has 0 saturated heterocycles. The Bertz CT molecular complexity index is 546. The second-order valence-corrected chi connectivity index (χ2v) is 6.45. The lowest BCUT2D eigenvalue weighted by atomic mass is 9.86. The molecule has 1 aliphatic carbocycles. The van der Waals surface area contributed by atoms with E-state index in [2.05, 4.69) is 29.6 Å². The van der Waals surface area contributed by atoms with Gasteiger partial charge in [-0.05, 0) is 38.5 Å². The summed E-state index contributed by atoms with van der Waals surface area (Å²) in [5.74, 6) is 0.0164. The number of carbonyl (C=O) groups excluding carboxylic acids is 1. The van der Waals surface area contributed by atoms with E-state index in [1.807, 2.05) is 6.07 Å². The smallest absolute Gasteiger partial charge is 0.315 e. The molecule has 7 heteroatoms. The second-order valence-electron chi connectivity index (χ2n) is 6.45. The zero-order valence-corrected chi connectivity index (χ0v) is 14.4. The van der Waals surface area contributed by atoms with Crippen LogP contribution >= 0.6 is 0 Å². The average Bonchev–Trinajstić information content (AvgIpc) is 3.03. The summed E-state index contributed by atoms with van der Waals surface area (Å²) < 4.78 is 5.27. The van der Waals surface area contributed by atoms with Crippen molar-refractivity contribution in [3.05, 3.63) is 17.5 Å². The first kappa shape index (κ1) is 18.3. The third-order valence-electron chi connectivity index (χ3n) is 4.82. The fourth-order valence-electron chi connectivity index (χ4n) is 3.20. The topological polar surface area (TPSA) is 104 Å². The fourth-order valence-corrected chi connectivity index (χ4v) is 3.20. The van der Waals surface area contributed by atoms with Gasteiger partial charge >= 0.3 is 12.0 Å². The zero-order valence-electron chi connectivity index (χ0n) is 14.4. The summed E-state index contributed by atoms with van der Waals surface area (Å²) in [5, 5.41) is 18.7. The van der Waals surface area contributed by atoms with Crippen molar-refractivity contribution in [1.82, 2.24) is 15.8 Å². The summed E-state index contributed by atoms with van der Waals surface area (Å²) in [5.41, 5.74) is 0.934. The van der Waals surface area contributed by atoms with Gasteiger partial charge in [0.05, 0.1) is 18.2 Å². The highest BCUT2D eigenvalue weighted by Crippen LogP contribution is 2.24. The Hall–Kier alpha value is -2.05. The van der Waals surface area contributed by atoms with E-state index in [0.29, 0.717) is 43.9 Å². The molecular weight excluding hydrogens is 310 g/mol. The summed E-state index contributed by atoms with van der Waals surface area (Å²) in [4.78, 5) is 22.9. The number of aliphatic carboxylic acids is 1. The van der Waals surface area contributed by atoms with E-state index in [1.54, 1.807) is 0 Å². The number of urea groups is 1. The average molecular weight is 337 g/mol. The van der Waals surface area contributed by atoms with Crippen LogP contribution in [0.4, 0.5) is 4.79 Å². The number of carboxylic acids is 1. The molecule has 0 aliphatic heterocycles. The number of carbonyl (C=O) groups is 2. The maximum Gasteiger partial charge on any atom is 0.315 e. The number of nitrogens with one attached hydrogen (secondary N) is 2. The van der Waals surface area contributed by atoms with Crippen LogP contribution in [-0.2, 0) is 11.3 Å². The molecular formula is C17H27N3O4. The van der Waals surface area contributed by atoms with Crippen molar-refractivity contribution in [3.63, 3.8) is 0 Å². The minimum absolute atomic E-state index is 0.0375. The van der Waals surface area contributed by atoms with Crippen LogP contribution in [0.25, 0.3) is 0 Å². The number of aromatic nitrogens is 1. The Kier molecular flexibility index (Phi) is 6.63. The van der Waals surface area contributed by atoms with Crippen molar-refractivity contribution in [3.8, 4) is 0 Å². The van der Waals surface area contributed by atoms with Gasteiger partial charge < -0.3 is 20.3 Å². The first-order valence-electron chi connectivity index (χ1n) is 8.76. The predicted molar refractivity (Wildman–Crippen MR) is 88.6 cm³/mol. The highest BCUT2D eigenvalue weighted by molar-refractivity contribution is 5.74. The molecule has 0 radical (unpaired) electrons. The lowest BCUT2D eigenvalue weighted by molar-refractivity contribution is -0.142. The molecule has 24 heavy (non-hydrogen) atoms. The highest BCUT2D eigenvalue weighted by atomic mass is 16.5. The number of carboxylic acid groups (broad SMARTS) is 1. The second kappa shape index (κ2) is 8.70. The Labute approximate surface area is 142 Å². The zero-order chi connectivity index (χ0) is 17.5. The predicted octanol–water partition coefficient (Wildman–Crippen LogP) is 3.02. The molecule has 1 aliphatic rings. The van der Waals surface area contributed by atoms with Crippen LogP contribution in [0.2, 0.25) is 0 Å². The summed E-state index contributed by atoms with van der Waals surface area (Å²) in [6, 6.07) is 1.68. The maximum absolute atomic E-state index is 12.0. The van der Waals surface area contributed by atoms with Crippen LogP contribution in [-0.4, -0.2) is 28.3 Å². The van der Waals surface area contributed by atoms with E-state index in [-0.39, 0.29) is 18.0 Å². The van der Waals surface area contributed by atoms with Gasteiger partial charge in [-0.3, -0.25) is 4.79 Å². The number of hydrogen-bond acceptors (Lipinski definition) is 4. The molecule has 0 bridgehead atoms. The van der Waals surface area contributed by atoms with E-state index < -0.39 is 5.97 Å². The summed E-state index contributed by atoms with van der Waals surface area (Å²) in [6.45, 7) is 4.53. The Morgan fingerprint density at radius 3 is 2.54 bits per heavy atom. The largest absolute Gasteiger partial charge is 0.481 e. The van der Waals surface area contributed by atoms with Gasteiger partial charge in [-0.15, -0.1) is 0 Å². The molecule has 0 aromatic carbocycles. The quantitative estimate of drug-likeness (QED) is 0.709. The van der Waals surface area contributed by atoms with Gasteiger partial charge in [0, 0.05) is 18.0 Å². The Morgan fingerprint density at radius 1 is 1.29 bits per heavy atom. The molecule has 1 aromatic heterocycles. The number of rotatable bonds is 7. The molecule has 1 aromatic rings. The van der Waals surface area contributed by atoms with Crippen LogP contribution in [0.3, 0.4) is 0 Å². The van der Waals surface area contributed by atoms with Gasteiger partial charge in [-0.25, -0.2) is 4.79 Å². The molecule has 3 N–H and O–H groups in total. The van der Waals surface area contributed by atoms with E-state index in [0.717, 1.165) is 18.5 Å². The summed E-state index contributed by atoms with van der Waals surface area (Å²) in [6.07, 6.45) is 4.64. The van der Waals surface area contributed by atoms with Crippen molar-refractivity contribution in [1.29, 1.82) is 0 Å². The van der Waals surface area contributed by atoms with E-state index in [4.69, 9.17) is 9.63 Å². The lowest BCUT2D eigenvalue weighted by Gasteiger charge is -2.26. The first-order valence-corrected chi connectivity index (χ1v) is 8.76. The molecule has 7 nitrogen and oxygen atoms in total. The van der Waals surface area contributed by atoms with Crippen LogP contribution in [0.5, 0.6) is 0 Å². The molecule has 134 valence electrons. The fraction of sp³-hybridized carbons (Fsp3) is 0.706. The van der Waals surface area contributed by atoms with Gasteiger partial charge in [0.1, 0.15) is 0 Å². The minimum atomic E-state index is -0.739. The van der Waals surface area contributed by atoms with Gasteiger partial charge in [0.15, 0.2) is 5.76 Å². The molecule has 0 atom stereocenters.